The SMILES string of the molecule is CCCCC(CC)COc1ccc(-c2ccc3c(c2)Oc2cc(-c4ccc(OCC(CC)CCCC)cc4)ccc2N3c2ccc(C(=O)O)cc2)cc1. The largest absolute Gasteiger partial charge is 0.493 e. The lowest BCUT2D eigenvalue weighted by molar-refractivity contribution is 0.0697. The van der Waals surface area contributed by atoms with Gasteiger partial charge in [0.2, 0.25) is 0 Å². The first kappa shape index (κ1) is 37.5. The molecular formula is C47H53NO5. The van der Waals surface area contributed by atoms with E-state index in [4.69, 9.17) is 14.2 Å². The van der Waals surface area contributed by atoms with Crippen LogP contribution in [-0.4, -0.2) is 24.3 Å². The molecule has 0 amide bonds. The monoisotopic (exact) mass is 711 g/mol. The Morgan fingerprint density at radius 2 is 1.04 bits per heavy atom. The lowest BCUT2D eigenvalue weighted by Crippen LogP contribution is -2.16. The van der Waals surface area contributed by atoms with E-state index in [9.17, 15) is 9.90 Å². The van der Waals surface area contributed by atoms with Crippen molar-refractivity contribution in [3.63, 3.8) is 0 Å². The highest BCUT2D eigenvalue weighted by atomic mass is 16.5. The molecule has 0 aliphatic carbocycles. The lowest BCUT2D eigenvalue weighted by atomic mass is 10.00. The molecule has 276 valence electrons. The molecule has 0 saturated heterocycles. The molecule has 2 atom stereocenters. The Kier molecular flexibility index (Phi) is 12.7. The summed E-state index contributed by atoms with van der Waals surface area (Å²) in [6, 6.07) is 36.1. The standard InChI is InChI=1S/C47H53NO5/c1-5-9-11-33(7-3)31-51-41-23-15-35(16-24-41)38-19-27-43-45(29-38)53-46-30-39(20-28-44(46)48(43)40-21-13-37(14-22-40)47(49)50)36-17-25-42(26-18-36)52-32-34(8-4)12-10-6-2/h13-30,33-34H,5-12,31-32H2,1-4H3,(H,49,50). The molecule has 6 rings (SSSR count). The molecule has 2 unspecified atom stereocenters. The van der Waals surface area contributed by atoms with Crippen LogP contribution in [0.5, 0.6) is 23.0 Å². The van der Waals surface area contributed by atoms with Gasteiger partial charge in [0.25, 0.3) is 0 Å². The molecule has 5 aromatic carbocycles. The molecule has 0 aromatic heterocycles. The second kappa shape index (κ2) is 18.0. The molecular weight excluding hydrogens is 659 g/mol. The van der Waals surface area contributed by atoms with Gasteiger partial charge in [-0.05, 0) is 120 Å². The number of rotatable bonds is 18. The van der Waals surface area contributed by atoms with Gasteiger partial charge in [-0.25, -0.2) is 4.79 Å². The van der Waals surface area contributed by atoms with Crippen LogP contribution >= 0.6 is 0 Å². The third kappa shape index (κ3) is 9.23. The summed E-state index contributed by atoms with van der Waals surface area (Å²) in [5, 5.41) is 9.56. The minimum absolute atomic E-state index is 0.241. The number of anilines is 3. The zero-order valence-electron chi connectivity index (χ0n) is 31.6. The van der Waals surface area contributed by atoms with Crippen LogP contribution in [0.2, 0.25) is 0 Å². The van der Waals surface area contributed by atoms with E-state index in [0.29, 0.717) is 23.3 Å². The number of aromatic carboxylic acids is 1. The summed E-state index contributed by atoms with van der Waals surface area (Å²) in [6.45, 7) is 10.4. The number of hydrogen-bond acceptors (Lipinski definition) is 5. The first-order valence-corrected chi connectivity index (χ1v) is 19.5. The van der Waals surface area contributed by atoms with Gasteiger partial charge in [-0.2, -0.15) is 0 Å². The number of unbranched alkanes of at least 4 members (excludes halogenated alkanes) is 2. The third-order valence-corrected chi connectivity index (χ3v) is 10.4. The van der Waals surface area contributed by atoms with Crippen molar-refractivity contribution in [1.82, 2.24) is 0 Å². The molecule has 5 aromatic rings. The smallest absolute Gasteiger partial charge is 0.335 e. The van der Waals surface area contributed by atoms with E-state index in [1.165, 1.54) is 38.5 Å². The molecule has 0 radical (unpaired) electrons. The van der Waals surface area contributed by atoms with Crippen molar-refractivity contribution in [3.05, 3.63) is 115 Å². The maximum absolute atomic E-state index is 11.7. The van der Waals surface area contributed by atoms with Gasteiger partial charge < -0.3 is 24.2 Å². The molecule has 1 aliphatic heterocycles. The zero-order chi connectivity index (χ0) is 37.2. The van der Waals surface area contributed by atoms with E-state index in [1.807, 2.05) is 36.4 Å². The highest BCUT2D eigenvalue weighted by Crippen LogP contribution is 2.52. The Hall–Kier alpha value is -5.23. The van der Waals surface area contributed by atoms with Gasteiger partial charge in [0.1, 0.15) is 11.5 Å². The molecule has 1 heterocycles. The van der Waals surface area contributed by atoms with E-state index < -0.39 is 5.97 Å². The number of nitrogens with zero attached hydrogens (tertiary/aromatic N) is 1. The predicted molar refractivity (Wildman–Crippen MR) is 217 cm³/mol. The first-order chi connectivity index (χ1) is 25.9. The molecule has 0 spiro atoms. The average molecular weight is 712 g/mol. The van der Waals surface area contributed by atoms with Crippen LogP contribution in [0, 0.1) is 11.8 Å². The maximum atomic E-state index is 11.7. The van der Waals surface area contributed by atoms with Crippen molar-refractivity contribution in [1.29, 1.82) is 0 Å². The van der Waals surface area contributed by atoms with Crippen LogP contribution in [0.25, 0.3) is 22.3 Å². The summed E-state index contributed by atoms with van der Waals surface area (Å²) in [5.74, 6) is 3.39. The Balaban J connectivity index is 1.26. The van der Waals surface area contributed by atoms with Crippen LogP contribution in [0.3, 0.4) is 0 Å². The fourth-order valence-corrected chi connectivity index (χ4v) is 6.91. The van der Waals surface area contributed by atoms with Gasteiger partial charge in [-0.1, -0.05) is 103 Å². The first-order valence-electron chi connectivity index (χ1n) is 19.5. The van der Waals surface area contributed by atoms with Gasteiger partial charge in [0.05, 0.1) is 30.2 Å². The van der Waals surface area contributed by atoms with Crippen LogP contribution in [0.15, 0.2) is 109 Å². The van der Waals surface area contributed by atoms with Crippen molar-refractivity contribution in [2.24, 2.45) is 11.8 Å². The van der Waals surface area contributed by atoms with Crippen molar-refractivity contribution >= 4 is 23.0 Å². The Bertz CT molecular complexity index is 1820. The second-order valence-corrected chi connectivity index (χ2v) is 14.2. The van der Waals surface area contributed by atoms with Gasteiger partial charge in [-0.15, -0.1) is 0 Å². The minimum Gasteiger partial charge on any atom is -0.493 e. The Morgan fingerprint density at radius 1 is 0.604 bits per heavy atom. The highest BCUT2D eigenvalue weighted by Gasteiger charge is 2.27. The molecule has 1 aliphatic rings. The summed E-state index contributed by atoms with van der Waals surface area (Å²) in [7, 11) is 0. The summed E-state index contributed by atoms with van der Waals surface area (Å²) < 4.78 is 19.1. The molecule has 6 heteroatoms. The molecule has 0 bridgehead atoms. The van der Waals surface area contributed by atoms with Gasteiger partial charge in [-0.3, -0.25) is 0 Å². The summed E-state index contributed by atoms with van der Waals surface area (Å²) in [6.07, 6.45) is 9.53. The van der Waals surface area contributed by atoms with Gasteiger partial charge >= 0.3 is 5.97 Å². The molecule has 53 heavy (non-hydrogen) atoms. The predicted octanol–water partition coefficient (Wildman–Crippen LogP) is 13.5. The Morgan fingerprint density at radius 3 is 1.43 bits per heavy atom. The average Bonchev–Trinajstić information content (AvgIpc) is 3.20. The van der Waals surface area contributed by atoms with Crippen LogP contribution in [0.1, 0.15) is 89.4 Å². The molecule has 0 fully saturated rings. The van der Waals surface area contributed by atoms with Crippen molar-refractivity contribution in [3.8, 4) is 45.3 Å². The van der Waals surface area contributed by atoms with E-state index in [1.54, 1.807) is 12.1 Å². The number of carboxylic acid groups (broad SMARTS) is 1. The third-order valence-electron chi connectivity index (χ3n) is 10.4. The minimum atomic E-state index is -0.954. The fourth-order valence-electron chi connectivity index (χ4n) is 6.91. The summed E-state index contributed by atoms with van der Waals surface area (Å²) >= 11 is 0. The normalized spacial score (nSPS) is 13.0. The van der Waals surface area contributed by atoms with Crippen molar-refractivity contribution in [2.45, 2.75) is 79.1 Å². The number of hydrogen-bond donors (Lipinski definition) is 1. The zero-order valence-corrected chi connectivity index (χ0v) is 31.6. The Labute approximate surface area is 315 Å². The molecule has 0 saturated carbocycles. The van der Waals surface area contributed by atoms with E-state index in [0.717, 1.165) is 76.9 Å². The van der Waals surface area contributed by atoms with Crippen LogP contribution in [-0.2, 0) is 0 Å². The number of carbonyl (C=O) groups is 1. The topological polar surface area (TPSA) is 68.2 Å². The van der Waals surface area contributed by atoms with Crippen molar-refractivity contribution < 1.29 is 24.1 Å². The summed E-state index contributed by atoms with van der Waals surface area (Å²) in [4.78, 5) is 13.8. The van der Waals surface area contributed by atoms with E-state index >= 15 is 0 Å². The van der Waals surface area contributed by atoms with Crippen LogP contribution < -0.4 is 19.1 Å². The second-order valence-electron chi connectivity index (χ2n) is 14.2. The van der Waals surface area contributed by atoms with E-state index in [-0.39, 0.29) is 5.56 Å². The molecule has 6 nitrogen and oxygen atoms in total. The van der Waals surface area contributed by atoms with Crippen molar-refractivity contribution in [2.75, 3.05) is 18.1 Å². The highest BCUT2D eigenvalue weighted by molar-refractivity contribution is 5.91. The number of fused-ring (bicyclic) bond motifs is 2. The molecule has 1 N–H and O–H groups in total. The maximum Gasteiger partial charge on any atom is 0.335 e. The number of benzene rings is 5. The fraction of sp³-hybridized carbons (Fsp3) is 0.340. The quantitative estimate of drug-likeness (QED) is 0.0957. The summed E-state index contributed by atoms with van der Waals surface area (Å²) in [5.41, 5.74) is 7.03. The number of carboxylic acids is 1. The lowest BCUT2D eigenvalue weighted by Gasteiger charge is -2.33. The van der Waals surface area contributed by atoms with E-state index in [2.05, 4.69) is 93.3 Å². The van der Waals surface area contributed by atoms with Crippen LogP contribution in [0.4, 0.5) is 17.1 Å². The van der Waals surface area contributed by atoms with Gasteiger partial charge in [0.15, 0.2) is 11.5 Å². The van der Waals surface area contributed by atoms with Gasteiger partial charge in [0, 0.05) is 5.69 Å². The number of ether oxygens (including phenoxy) is 3.